The highest BCUT2D eigenvalue weighted by Crippen LogP contribution is 2.39. The Morgan fingerprint density at radius 2 is 1.94 bits per heavy atom. The van der Waals surface area contributed by atoms with Gasteiger partial charge < -0.3 is 18.9 Å². The minimum Gasteiger partial charge on any atom is -0.497 e. The van der Waals surface area contributed by atoms with Crippen LogP contribution in [0, 0.1) is 0 Å². The smallest absolute Gasteiger partial charge is 0.308 e. The van der Waals surface area contributed by atoms with Gasteiger partial charge in [0.25, 0.3) is 5.91 Å². The van der Waals surface area contributed by atoms with E-state index in [0.29, 0.717) is 18.7 Å². The molecule has 8 heteroatoms. The summed E-state index contributed by atoms with van der Waals surface area (Å²) in [5.74, 6) is 0.305. The largest absolute Gasteiger partial charge is 0.497 e. The van der Waals surface area contributed by atoms with Crippen LogP contribution in [0.15, 0.2) is 67.3 Å². The van der Waals surface area contributed by atoms with E-state index in [1.165, 1.54) is 6.33 Å². The molecular formula is C26H24N4O4. The quantitative estimate of drug-likeness (QED) is 0.390. The van der Waals surface area contributed by atoms with Crippen LogP contribution in [0.4, 0.5) is 0 Å². The van der Waals surface area contributed by atoms with Gasteiger partial charge in [-0.25, -0.2) is 9.97 Å². The number of methoxy groups -OCH3 is 1. The van der Waals surface area contributed by atoms with Crippen LogP contribution in [-0.4, -0.2) is 45.0 Å². The lowest BCUT2D eigenvalue weighted by Crippen LogP contribution is -2.29. The van der Waals surface area contributed by atoms with E-state index in [1.54, 1.807) is 25.1 Å². The molecule has 4 aromatic rings. The zero-order valence-electron chi connectivity index (χ0n) is 19.0. The van der Waals surface area contributed by atoms with Crippen molar-refractivity contribution in [3.63, 3.8) is 0 Å². The molecule has 1 amide bonds. The monoisotopic (exact) mass is 456 g/mol. The fourth-order valence-electron chi connectivity index (χ4n) is 4.43. The first kappa shape index (κ1) is 21.6. The number of benzene rings is 2. The maximum atomic E-state index is 13.4. The van der Waals surface area contributed by atoms with Gasteiger partial charge in [-0.15, -0.1) is 0 Å². The van der Waals surface area contributed by atoms with Crippen LogP contribution in [0.5, 0.6) is 5.75 Å². The number of nitrogens with zero attached hydrogens (tertiary/aromatic N) is 4. The van der Waals surface area contributed by atoms with Gasteiger partial charge >= 0.3 is 5.97 Å². The molecule has 34 heavy (non-hydrogen) atoms. The van der Waals surface area contributed by atoms with E-state index in [1.807, 2.05) is 59.3 Å². The van der Waals surface area contributed by atoms with Gasteiger partial charge in [-0.2, -0.15) is 0 Å². The number of esters is 1. The molecule has 2 aromatic carbocycles. The van der Waals surface area contributed by atoms with E-state index in [9.17, 15) is 9.59 Å². The first-order valence-corrected chi connectivity index (χ1v) is 11.1. The Kier molecular flexibility index (Phi) is 5.71. The highest BCUT2D eigenvalue weighted by atomic mass is 16.5. The number of fused-ring (bicyclic) bond motifs is 2. The van der Waals surface area contributed by atoms with E-state index < -0.39 is 6.04 Å². The Balaban J connectivity index is 1.53. The standard InChI is InChI=1S/C26H24N4O4/c1-3-34-24(31)13-23-22-12-19(29-11-10-18-14-27-16-28-25(18)29)6-9-21(22)26(32)30(23)15-17-4-7-20(33-2)8-5-17/h4-12,14,16,23H,3,13,15H2,1-2H3. The van der Waals surface area contributed by atoms with Gasteiger partial charge in [0.05, 0.1) is 26.2 Å². The molecular weight excluding hydrogens is 432 g/mol. The van der Waals surface area contributed by atoms with E-state index in [2.05, 4.69) is 9.97 Å². The van der Waals surface area contributed by atoms with Gasteiger partial charge in [0.2, 0.25) is 0 Å². The van der Waals surface area contributed by atoms with Gasteiger partial charge in [0, 0.05) is 35.6 Å². The number of carbonyl (C=O) groups excluding carboxylic acids is 2. The number of hydrogen-bond acceptors (Lipinski definition) is 6. The average Bonchev–Trinajstić information content (AvgIpc) is 3.40. The van der Waals surface area contributed by atoms with Crippen LogP contribution >= 0.6 is 0 Å². The second-order valence-electron chi connectivity index (χ2n) is 8.07. The van der Waals surface area contributed by atoms with Gasteiger partial charge in [0.1, 0.15) is 17.7 Å². The third kappa shape index (κ3) is 3.87. The highest BCUT2D eigenvalue weighted by molar-refractivity contribution is 6.00. The minimum atomic E-state index is -0.431. The van der Waals surface area contributed by atoms with Crippen molar-refractivity contribution in [3.05, 3.63) is 83.9 Å². The first-order chi connectivity index (χ1) is 16.6. The van der Waals surface area contributed by atoms with Crippen LogP contribution in [0.3, 0.4) is 0 Å². The molecule has 0 spiro atoms. The second kappa shape index (κ2) is 8.97. The third-order valence-electron chi connectivity index (χ3n) is 6.07. The normalized spacial score (nSPS) is 14.9. The predicted molar refractivity (Wildman–Crippen MR) is 126 cm³/mol. The van der Waals surface area contributed by atoms with Crippen LogP contribution in [0.25, 0.3) is 16.7 Å². The van der Waals surface area contributed by atoms with Gasteiger partial charge in [-0.3, -0.25) is 9.59 Å². The SMILES string of the molecule is CCOC(=O)CC1c2cc(-n3ccc4cncnc43)ccc2C(=O)N1Cc1ccc(OC)cc1. The number of aromatic nitrogens is 3. The summed E-state index contributed by atoms with van der Waals surface area (Å²) in [4.78, 5) is 36.1. The lowest BCUT2D eigenvalue weighted by molar-refractivity contribution is -0.144. The molecule has 0 bridgehead atoms. The minimum absolute atomic E-state index is 0.0841. The summed E-state index contributed by atoms with van der Waals surface area (Å²) in [5, 5.41) is 0.920. The fourth-order valence-corrected chi connectivity index (χ4v) is 4.43. The molecule has 1 atom stereocenters. The van der Waals surface area contributed by atoms with Gasteiger partial charge in [-0.05, 0) is 54.4 Å². The van der Waals surface area contributed by atoms with Gasteiger partial charge in [0.15, 0.2) is 0 Å². The first-order valence-electron chi connectivity index (χ1n) is 11.1. The lowest BCUT2D eigenvalue weighted by Gasteiger charge is -2.25. The molecule has 5 rings (SSSR count). The number of carbonyl (C=O) groups is 2. The fraction of sp³-hybridized carbons (Fsp3) is 0.231. The molecule has 0 saturated heterocycles. The zero-order chi connectivity index (χ0) is 23.7. The van der Waals surface area contributed by atoms with E-state index in [-0.39, 0.29) is 18.3 Å². The van der Waals surface area contributed by atoms with Crippen LogP contribution in [0.1, 0.15) is 40.9 Å². The molecule has 0 aliphatic carbocycles. The van der Waals surface area contributed by atoms with Crippen molar-refractivity contribution < 1.29 is 19.1 Å². The summed E-state index contributed by atoms with van der Waals surface area (Å²) in [7, 11) is 1.61. The Labute approximate surface area is 196 Å². The van der Waals surface area contributed by atoms with E-state index in [4.69, 9.17) is 9.47 Å². The van der Waals surface area contributed by atoms with E-state index in [0.717, 1.165) is 33.6 Å². The Morgan fingerprint density at radius 1 is 1.12 bits per heavy atom. The molecule has 3 heterocycles. The van der Waals surface area contributed by atoms with E-state index >= 15 is 0 Å². The summed E-state index contributed by atoms with van der Waals surface area (Å²) in [6, 6.07) is 14.8. The summed E-state index contributed by atoms with van der Waals surface area (Å²) >= 11 is 0. The summed E-state index contributed by atoms with van der Waals surface area (Å²) in [6.45, 7) is 2.44. The number of amides is 1. The average molecular weight is 457 g/mol. The lowest BCUT2D eigenvalue weighted by atomic mass is 10.0. The van der Waals surface area contributed by atoms with Crippen molar-refractivity contribution in [1.82, 2.24) is 19.4 Å². The molecule has 0 fully saturated rings. The molecule has 8 nitrogen and oxygen atoms in total. The maximum absolute atomic E-state index is 13.4. The van der Waals surface area contributed by atoms with Crippen molar-refractivity contribution in [2.45, 2.75) is 25.9 Å². The Bertz CT molecular complexity index is 1360. The molecule has 0 saturated carbocycles. The molecule has 0 radical (unpaired) electrons. The molecule has 1 unspecified atom stereocenters. The molecule has 172 valence electrons. The third-order valence-corrected chi connectivity index (χ3v) is 6.07. The van der Waals surface area contributed by atoms with Gasteiger partial charge in [-0.1, -0.05) is 12.1 Å². The van der Waals surface area contributed by atoms with Crippen molar-refractivity contribution >= 4 is 22.9 Å². The summed E-state index contributed by atoms with van der Waals surface area (Å²) in [5.41, 5.74) is 3.98. The summed E-state index contributed by atoms with van der Waals surface area (Å²) < 4.78 is 12.4. The Morgan fingerprint density at radius 3 is 2.71 bits per heavy atom. The van der Waals surface area contributed by atoms with Crippen molar-refractivity contribution in [3.8, 4) is 11.4 Å². The van der Waals surface area contributed by atoms with Crippen LogP contribution in [-0.2, 0) is 16.1 Å². The van der Waals surface area contributed by atoms with Crippen LogP contribution in [0.2, 0.25) is 0 Å². The second-order valence-corrected chi connectivity index (χ2v) is 8.07. The molecule has 0 N–H and O–H groups in total. The summed E-state index contributed by atoms with van der Waals surface area (Å²) in [6.07, 6.45) is 5.28. The number of rotatable bonds is 7. The zero-order valence-corrected chi connectivity index (χ0v) is 19.0. The van der Waals surface area contributed by atoms with Crippen molar-refractivity contribution in [1.29, 1.82) is 0 Å². The molecule has 1 aliphatic rings. The molecule has 2 aromatic heterocycles. The van der Waals surface area contributed by atoms with Crippen molar-refractivity contribution in [2.75, 3.05) is 13.7 Å². The molecule has 1 aliphatic heterocycles. The van der Waals surface area contributed by atoms with Crippen molar-refractivity contribution in [2.24, 2.45) is 0 Å². The number of ether oxygens (including phenoxy) is 2. The van der Waals surface area contributed by atoms with Crippen LogP contribution < -0.4 is 4.74 Å². The highest BCUT2D eigenvalue weighted by Gasteiger charge is 2.38. The topological polar surface area (TPSA) is 86.6 Å². The maximum Gasteiger partial charge on any atom is 0.308 e. The number of hydrogen-bond donors (Lipinski definition) is 0. The predicted octanol–water partition coefficient (Wildman–Crippen LogP) is 4.08. The Hall–Kier alpha value is -4.20.